The van der Waals surface area contributed by atoms with Gasteiger partial charge < -0.3 is 15.2 Å². The topological polar surface area (TPSA) is 44.5 Å². The molecule has 106 valence electrons. The van der Waals surface area contributed by atoms with Crippen molar-refractivity contribution in [2.45, 2.75) is 19.6 Å². The molecule has 2 N–H and O–H groups in total. The minimum absolute atomic E-state index is 0.152. The van der Waals surface area contributed by atoms with Crippen LogP contribution in [-0.2, 0) is 6.61 Å². The maximum absolute atomic E-state index is 13.6. The Hall–Kier alpha value is -2.07. The van der Waals surface area contributed by atoms with Crippen LogP contribution in [0.2, 0.25) is 0 Å². The van der Waals surface area contributed by atoms with Gasteiger partial charge in [-0.1, -0.05) is 24.3 Å². The van der Waals surface area contributed by atoms with E-state index in [2.05, 4.69) is 0 Å². The van der Waals surface area contributed by atoms with E-state index in [9.17, 15) is 4.39 Å². The zero-order valence-electron chi connectivity index (χ0n) is 11.6. The van der Waals surface area contributed by atoms with Crippen LogP contribution < -0.4 is 15.2 Å². The number of ether oxygens (including phenoxy) is 2. The van der Waals surface area contributed by atoms with Crippen molar-refractivity contribution >= 4 is 0 Å². The van der Waals surface area contributed by atoms with Gasteiger partial charge in [0.15, 0.2) is 0 Å². The van der Waals surface area contributed by atoms with Crippen molar-refractivity contribution in [3.05, 3.63) is 59.4 Å². The third-order valence-electron chi connectivity index (χ3n) is 3.04. The van der Waals surface area contributed by atoms with Gasteiger partial charge in [0.2, 0.25) is 0 Å². The van der Waals surface area contributed by atoms with Crippen LogP contribution in [0.1, 0.15) is 24.1 Å². The van der Waals surface area contributed by atoms with E-state index >= 15 is 0 Å². The van der Waals surface area contributed by atoms with Crippen molar-refractivity contribution in [3.8, 4) is 11.5 Å². The predicted molar refractivity (Wildman–Crippen MR) is 76.3 cm³/mol. The van der Waals surface area contributed by atoms with Crippen molar-refractivity contribution in [1.82, 2.24) is 0 Å². The molecule has 0 fully saturated rings. The normalized spacial score (nSPS) is 12.0. The second kappa shape index (κ2) is 6.39. The zero-order valence-corrected chi connectivity index (χ0v) is 11.6. The van der Waals surface area contributed by atoms with Crippen molar-refractivity contribution in [3.63, 3.8) is 0 Å². The van der Waals surface area contributed by atoms with Gasteiger partial charge in [-0.3, -0.25) is 0 Å². The highest BCUT2D eigenvalue weighted by atomic mass is 19.1. The monoisotopic (exact) mass is 275 g/mol. The van der Waals surface area contributed by atoms with Crippen molar-refractivity contribution < 1.29 is 13.9 Å². The van der Waals surface area contributed by atoms with Gasteiger partial charge in [-0.15, -0.1) is 0 Å². The molecule has 0 aliphatic carbocycles. The maximum Gasteiger partial charge on any atom is 0.129 e. The van der Waals surface area contributed by atoms with Crippen LogP contribution in [-0.4, -0.2) is 7.11 Å². The maximum atomic E-state index is 13.6. The Labute approximate surface area is 118 Å². The van der Waals surface area contributed by atoms with E-state index in [1.54, 1.807) is 25.3 Å². The fourth-order valence-corrected chi connectivity index (χ4v) is 2.05. The Kier molecular flexibility index (Phi) is 4.58. The molecular weight excluding hydrogens is 257 g/mol. The van der Waals surface area contributed by atoms with Crippen LogP contribution in [0.5, 0.6) is 11.5 Å². The Bertz CT molecular complexity index is 584. The highest BCUT2D eigenvalue weighted by molar-refractivity contribution is 5.46. The van der Waals surface area contributed by atoms with Crippen molar-refractivity contribution in [2.24, 2.45) is 5.73 Å². The molecule has 0 saturated heterocycles. The van der Waals surface area contributed by atoms with E-state index in [0.717, 1.165) is 5.56 Å². The standard InChI is InChI=1S/C16H18FNO2/c1-11(18)16-14(19-2)8-5-9-15(16)20-10-12-6-3-4-7-13(12)17/h3-9,11H,10,18H2,1-2H3/t11-/m1/s1. The van der Waals surface area contributed by atoms with Gasteiger partial charge in [0, 0.05) is 11.6 Å². The molecule has 4 heteroatoms. The fourth-order valence-electron chi connectivity index (χ4n) is 2.05. The number of rotatable bonds is 5. The summed E-state index contributed by atoms with van der Waals surface area (Å²) in [6.07, 6.45) is 0. The number of hydrogen-bond acceptors (Lipinski definition) is 3. The van der Waals surface area contributed by atoms with Crippen LogP contribution in [0.4, 0.5) is 4.39 Å². The molecule has 0 radical (unpaired) electrons. The van der Waals surface area contributed by atoms with Gasteiger partial charge in [-0.05, 0) is 25.1 Å². The van der Waals surface area contributed by atoms with Gasteiger partial charge >= 0.3 is 0 Å². The van der Waals surface area contributed by atoms with Crippen LogP contribution in [0.25, 0.3) is 0 Å². The van der Waals surface area contributed by atoms with E-state index < -0.39 is 0 Å². The highest BCUT2D eigenvalue weighted by Crippen LogP contribution is 2.33. The summed E-state index contributed by atoms with van der Waals surface area (Å²) in [4.78, 5) is 0. The number of methoxy groups -OCH3 is 1. The first kappa shape index (κ1) is 14.3. The summed E-state index contributed by atoms with van der Waals surface area (Å²) in [5.41, 5.74) is 7.24. The summed E-state index contributed by atoms with van der Waals surface area (Å²) in [5.74, 6) is 1.01. The summed E-state index contributed by atoms with van der Waals surface area (Å²) in [6.45, 7) is 2.01. The molecule has 0 aliphatic heterocycles. The molecule has 0 saturated carbocycles. The zero-order chi connectivity index (χ0) is 14.5. The van der Waals surface area contributed by atoms with E-state index in [-0.39, 0.29) is 18.5 Å². The molecular formula is C16H18FNO2. The Balaban J connectivity index is 2.24. The quantitative estimate of drug-likeness (QED) is 0.909. The molecule has 3 nitrogen and oxygen atoms in total. The molecule has 0 unspecified atom stereocenters. The van der Waals surface area contributed by atoms with Crippen LogP contribution in [0.3, 0.4) is 0 Å². The molecule has 0 aliphatic rings. The summed E-state index contributed by atoms with van der Waals surface area (Å²) in [6, 6.07) is 11.8. The third-order valence-corrected chi connectivity index (χ3v) is 3.04. The first-order chi connectivity index (χ1) is 9.63. The number of benzene rings is 2. The number of halogens is 1. The van der Waals surface area contributed by atoms with Gasteiger partial charge in [0.05, 0.1) is 12.7 Å². The largest absolute Gasteiger partial charge is 0.496 e. The first-order valence-electron chi connectivity index (χ1n) is 6.42. The summed E-state index contributed by atoms with van der Waals surface area (Å²) >= 11 is 0. The first-order valence-corrected chi connectivity index (χ1v) is 6.42. The van der Waals surface area contributed by atoms with E-state index in [4.69, 9.17) is 15.2 Å². The summed E-state index contributed by atoms with van der Waals surface area (Å²) in [7, 11) is 1.59. The Morgan fingerprint density at radius 3 is 2.45 bits per heavy atom. The van der Waals surface area contributed by atoms with Crippen molar-refractivity contribution in [2.75, 3.05) is 7.11 Å². The summed E-state index contributed by atoms with van der Waals surface area (Å²) < 4.78 is 24.6. The molecule has 20 heavy (non-hydrogen) atoms. The lowest BCUT2D eigenvalue weighted by atomic mass is 10.1. The lowest BCUT2D eigenvalue weighted by Gasteiger charge is -2.17. The second-order valence-corrected chi connectivity index (χ2v) is 4.54. The molecule has 1 atom stereocenters. The van der Waals surface area contributed by atoms with Crippen molar-refractivity contribution in [1.29, 1.82) is 0 Å². The lowest BCUT2D eigenvalue weighted by Crippen LogP contribution is -2.10. The molecule has 2 aromatic rings. The Morgan fingerprint density at radius 1 is 1.10 bits per heavy atom. The molecule has 0 heterocycles. The van der Waals surface area contributed by atoms with Gasteiger partial charge in [-0.25, -0.2) is 4.39 Å². The molecule has 0 bridgehead atoms. The third kappa shape index (κ3) is 3.08. The lowest BCUT2D eigenvalue weighted by molar-refractivity contribution is 0.292. The van der Waals surface area contributed by atoms with Gasteiger partial charge in [0.1, 0.15) is 23.9 Å². The Morgan fingerprint density at radius 2 is 1.80 bits per heavy atom. The fraction of sp³-hybridized carbons (Fsp3) is 0.250. The molecule has 0 aromatic heterocycles. The van der Waals surface area contributed by atoms with E-state index in [1.807, 2.05) is 25.1 Å². The van der Waals surface area contributed by atoms with Crippen LogP contribution >= 0.6 is 0 Å². The molecule has 2 aromatic carbocycles. The minimum atomic E-state index is -0.280. The number of hydrogen-bond donors (Lipinski definition) is 1. The predicted octanol–water partition coefficient (Wildman–Crippen LogP) is 3.43. The highest BCUT2D eigenvalue weighted by Gasteiger charge is 2.14. The molecule has 0 amide bonds. The molecule has 0 spiro atoms. The van der Waals surface area contributed by atoms with Gasteiger partial charge in [-0.2, -0.15) is 0 Å². The van der Waals surface area contributed by atoms with Crippen LogP contribution in [0, 0.1) is 5.82 Å². The smallest absolute Gasteiger partial charge is 0.129 e. The van der Waals surface area contributed by atoms with E-state index in [1.165, 1.54) is 6.07 Å². The number of nitrogens with two attached hydrogens (primary N) is 1. The second-order valence-electron chi connectivity index (χ2n) is 4.54. The average molecular weight is 275 g/mol. The molecule has 2 rings (SSSR count). The summed E-state index contributed by atoms with van der Waals surface area (Å²) in [5, 5.41) is 0. The van der Waals surface area contributed by atoms with Crippen LogP contribution in [0.15, 0.2) is 42.5 Å². The minimum Gasteiger partial charge on any atom is -0.496 e. The van der Waals surface area contributed by atoms with Gasteiger partial charge in [0.25, 0.3) is 0 Å². The average Bonchev–Trinajstić information content (AvgIpc) is 2.45. The van der Waals surface area contributed by atoms with E-state index in [0.29, 0.717) is 17.1 Å². The SMILES string of the molecule is COc1cccc(OCc2ccccc2F)c1[C@@H](C)N.